The Morgan fingerprint density at radius 3 is 2.68 bits per heavy atom. The van der Waals surface area contributed by atoms with Crippen molar-refractivity contribution in [1.82, 2.24) is 10.2 Å². The van der Waals surface area contributed by atoms with Gasteiger partial charge in [0.15, 0.2) is 5.82 Å². The fourth-order valence-electron chi connectivity index (χ4n) is 1.99. The first kappa shape index (κ1) is 14.2. The molecule has 0 spiro atoms. The van der Waals surface area contributed by atoms with Gasteiger partial charge < -0.3 is 16.2 Å². The molecule has 2 heterocycles. The van der Waals surface area contributed by atoms with Crippen molar-refractivity contribution < 1.29 is 14.7 Å². The summed E-state index contributed by atoms with van der Waals surface area (Å²) in [5.41, 5.74) is 6.92. The first-order chi connectivity index (χ1) is 10.6. The molecule has 3 rings (SSSR count). The van der Waals surface area contributed by atoms with Gasteiger partial charge in [0.05, 0.1) is 5.39 Å². The highest BCUT2D eigenvalue weighted by Crippen LogP contribution is 2.29. The van der Waals surface area contributed by atoms with E-state index in [9.17, 15) is 9.59 Å². The SMILES string of the molecule is NCc1ccc(C(=O)Nc2n[nH]c3sc(C(=O)O)cc23)cc1. The molecule has 0 aliphatic carbocycles. The Morgan fingerprint density at radius 2 is 2.05 bits per heavy atom. The lowest BCUT2D eigenvalue weighted by Gasteiger charge is -2.03. The Labute approximate surface area is 128 Å². The molecule has 8 heteroatoms. The highest BCUT2D eigenvalue weighted by Gasteiger charge is 2.16. The van der Waals surface area contributed by atoms with E-state index in [-0.39, 0.29) is 10.8 Å². The van der Waals surface area contributed by atoms with Gasteiger partial charge in [-0.3, -0.25) is 9.89 Å². The highest BCUT2D eigenvalue weighted by atomic mass is 32.1. The fraction of sp³-hybridized carbons (Fsp3) is 0.0714. The average Bonchev–Trinajstić information content (AvgIpc) is 3.09. The summed E-state index contributed by atoms with van der Waals surface area (Å²) in [4.78, 5) is 23.9. The van der Waals surface area contributed by atoms with Crippen LogP contribution in [-0.4, -0.2) is 27.2 Å². The number of thiophene rings is 1. The molecule has 0 atom stereocenters. The zero-order valence-corrected chi connectivity index (χ0v) is 12.1. The van der Waals surface area contributed by atoms with Gasteiger partial charge in [-0.15, -0.1) is 11.3 Å². The zero-order chi connectivity index (χ0) is 15.7. The number of carboxylic acid groups (broad SMARTS) is 1. The number of aromatic nitrogens is 2. The monoisotopic (exact) mass is 316 g/mol. The molecule has 1 amide bonds. The van der Waals surface area contributed by atoms with Gasteiger partial charge in [-0.05, 0) is 23.8 Å². The molecule has 0 radical (unpaired) electrons. The van der Waals surface area contributed by atoms with Gasteiger partial charge in [-0.1, -0.05) is 12.1 Å². The molecule has 0 saturated heterocycles. The number of amides is 1. The summed E-state index contributed by atoms with van der Waals surface area (Å²) in [7, 11) is 0. The topological polar surface area (TPSA) is 121 Å². The molecular formula is C14H12N4O3S. The summed E-state index contributed by atoms with van der Waals surface area (Å²) in [5, 5.41) is 18.9. The molecule has 0 aliphatic rings. The predicted octanol–water partition coefficient (Wildman–Crippen LogP) is 2.03. The second-order valence-electron chi connectivity index (χ2n) is 4.59. The summed E-state index contributed by atoms with van der Waals surface area (Å²) in [5.74, 6) is -1.02. The first-order valence-electron chi connectivity index (χ1n) is 6.40. The third-order valence-corrected chi connectivity index (χ3v) is 4.18. The molecule has 2 aromatic heterocycles. The molecule has 0 saturated carbocycles. The van der Waals surface area contributed by atoms with Crippen LogP contribution in [0.25, 0.3) is 10.2 Å². The van der Waals surface area contributed by atoms with Gasteiger partial charge in [0.1, 0.15) is 9.71 Å². The number of nitrogens with two attached hydrogens (primary N) is 1. The number of anilines is 1. The van der Waals surface area contributed by atoms with E-state index in [1.54, 1.807) is 24.3 Å². The second kappa shape index (κ2) is 5.58. The van der Waals surface area contributed by atoms with E-state index < -0.39 is 5.97 Å². The van der Waals surface area contributed by atoms with Crippen LogP contribution in [0.15, 0.2) is 30.3 Å². The van der Waals surface area contributed by atoms with E-state index >= 15 is 0 Å². The minimum absolute atomic E-state index is 0.187. The summed E-state index contributed by atoms with van der Waals surface area (Å²) >= 11 is 1.07. The third-order valence-electron chi connectivity index (χ3n) is 3.15. The Bertz CT molecular complexity index is 851. The number of H-pyrrole nitrogens is 1. The molecular weight excluding hydrogens is 304 g/mol. The zero-order valence-electron chi connectivity index (χ0n) is 11.3. The molecule has 0 fully saturated rings. The maximum atomic E-state index is 12.2. The van der Waals surface area contributed by atoms with Crippen molar-refractivity contribution in [2.45, 2.75) is 6.54 Å². The summed E-state index contributed by atoms with van der Waals surface area (Å²) in [6.07, 6.45) is 0. The highest BCUT2D eigenvalue weighted by molar-refractivity contribution is 7.20. The molecule has 7 nitrogen and oxygen atoms in total. The van der Waals surface area contributed by atoms with Gasteiger partial charge in [-0.25, -0.2) is 4.79 Å². The molecule has 22 heavy (non-hydrogen) atoms. The van der Waals surface area contributed by atoms with Crippen molar-refractivity contribution in [2.75, 3.05) is 5.32 Å². The smallest absolute Gasteiger partial charge is 0.345 e. The number of rotatable bonds is 4. The molecule has 0 bridgehead atoms. The lowest BCUT2D eigenvalue weighted by atomic mass is 10.1. The largest absolute Gasteiger partial charge is 0.477 e. The van der Waals surface area contributed by atoms with Gasteiger partial charge in [-0.2, -0.15) is 5.10 Å². The number of carboxylic acids is 1. The Kier molecular flexibility index (Phi) is 3.61. The van der Waals surface area contributed by atoms with Crippen LogP contribution in [0.5, 0.6) is 0 Å². The van der Waals surface area contributed by atoms with E-state index in [0.29, 0.717) is 28.1 Å². The van der Waals surface area contributed by atoms with Crippen LogP contribution in [0.3, 0.4) is 0 Å². The Balaban J connectivity index is 1.85. The van der Waals surface area contributed by atoms with Crippen LogP contribution in [0.1, 0.15) is 25.6 Å². The van der Waals surface area contributed by atoms with E-state index in [1.807, 2.05) is 0 Å². The quantitative estimate of drug-likeness (QED) is 0.587. The van der Waals surface area contributed by atoms with Gasteiger partial charge in [0, 0.05) is 12.1 Å². The normalized spacial score (nSPS) is 10.8. The molecule has 3 aromatic rings. The standard InChI is InChI=1S/C14H12N4O3S/c15-6-7-1-3-8(4-2-7)12(19)16-11-9-5-10(14(20)21)22-13(9)18-17-11/h1-5H,6,15H2,(H,20,21)(H2,16,17,18,19). The summed E-state index contributed by atoms with van der Waals surface area (Å²) in [6, 6.07) is 8.40. The lowest BCUT2D eigenvalue weighted by molar-refractivity contribution is 0.0702. The van der Waals surface area contributed by atoms with Crippen LogP contribution < -0.4 is 11.1 Å². The number of hydrogen-bond acceptors (Lipinski definition) is 5. The number of carbonyl (C=O) groups excluding carboxylic acids is 1. The minimum atomic E-state index is -1.01. The van der Waals surface area contributed by atoms with Gasteiger partial charge >= 0.3 is 5.97 Å². The summed E-state index contributed by atoms with van der Waals surface area (Å²) in [6.45, 7) is 0.411. The number of fused-ring (bicyclic) bond motifs is 1. The fourth-order valence-corrected chi connectivity index (χ4v) is 2.83. The van der Waals surface area contributed by atoms with Crippen molar-refractivity contribution in [3.05, 3.63) is 46.3 Å². The number of nitrogens with one attached hydrogen (secondary N) is 2. The molecule has 5 N–H and O–H groups in total. The number of hydrogen-bond donors (Lipinski definition) is 4. The summed E-state index contributed by atoms with van der Waals surface area (Å²) < 4.78 is 0. The lowest BCUT2D eigenvalue weighted by Crippen LogP contribution is -2.12. The predicted molar refractivity (Wildman–Crippen MR) is 83.2 cm³/mol. The average molecular weight is 316 g/mol. The van der Waals surface area contributed by atoms with E-state index in [2.05, 4.69) is 15.5 Å². The van der Waals surface area contributed by atoms with Crippen LogP contribution in [0.2, 0.25) is 0 Å². The number of benzene rings is 1. The van der Waals surface area contributed by atoms with Gasteiger partial charge in [0.25, 0.3) is 5.91 Å². The van der Waals surface area contributed by atoms with Crippen molar-refractivity contribution >= 4 is 39.2 Å². The van der Waals surface area contributed by atoms with Gasteiger partial charge in [0.2, 0.25) is 0 Å². The Morgan fingerprint density at radius 1 is 1.32 bits per heavy atom. The maximum absolute atomic E-state index is 12.2. The first-order valence-corrected chi connectivity index (χ1v) is 7.21. The van der Waals surface area contributed by atoms with Crippen LogP contribution in [-0.2, 0) is 6.54 Å². The van der Waals surface area contributed by atoms with E-state index in [0.717, 1.165) is 16.9 Å². The van der Waals surface area contributed by atoms with Crippen LogP contribution >= 0.6 is 11.3 Å². The number of carbonyl (C=O) groups is 2. The number of aromatic carboxylic acids is 1. The molecule has 1 aromatic carbocycles. The van der Waals surface area contributed by atoms with Crippen molar-refractivity contribution in [3.63, 3.8) is 0 Å². The molecule has 0 aliphatic heterocycles. The van der Waals surface area contributed by atoms with E-state index in [1.165, 1.54) is 6.07 Å². The maximum Gasteiger partial charge on any atom is 0.345 e. The molecule has 0 unspecified atom stereocenters. The number of aromatic amines is 1. The minimum Gasteiger partial charge on any atom is -0.477 e. The van der Waals surface area contributed by atoms with Crippen molar-refractivity contribution in [1.29, 1.82) is 0 Å². The molecule has 112 valence electrons. The van der Waals surface area contributed by atoms with Crippen molar-refractivity contribution in [3.8, 4) is 0 Å². The Hall–Kier alpha value is -2.71. The van der Waals surface area contributed by atoms with Crippen LogP contribution in [0.4, 0.5) is 5.82 Å². The van der Waals surface area contributed by atoms with Crippen molar-refractivity contribution in [2.24, 2.45) is 5.73 Å². The van der Waals surface area contributed by atoms with E-state index in [4.69, 9.17) is 10.8 Å². The third kappa shape index (κ3) is 2.57. The van der Waals surface area contributed by atoms with Crippen LogP contribution in [0, 0.1) is 0 Å². The number of nitrogens with zero attached hydrogens (tertiary/aromatic N) is 1. The second-order valence-corrected chi connectivity index (χ2v) is 5.64.